The van der Waals surface area contributed by atoms with E-state index in [1.165, 1.54) is 0 Å². The van der Waals surface area contributed by atoms with Gasteiger partial charge in [-0.05, 0) is 0 Å². The minimum absolute atomic E-state index is 0. The SMILES string of the molecule is I.[O]=[BiH].[O]=[BiH].[O]=[BiH].[O]=[BiH].[O]=[BiH].[O]=[BiH].[O]=[BiH]. The molecule has 0 bridgehead atoms. The van der Waals surface area contributed by atoms with Crippen LogP contribution in [0.3, 0.4) is 0 Å². The Morgan fingerprint density at radius 2 is 0.267 bits per heavy atom. The van der Waals surface area contributed by atoms with E-state index in [2.05, 4.69) is 0 Å². The van der Waals surface area contributed by atoms with Crippen molar-refractivity contribution in [3.8, 4) is 0 Å². The van der Waals surface area contributed by atoms with Crippen molar-refractivity contribution in [2.75, 3.05) is 0 Å². The van der Waals surface area contributed by atoms with Crippen LogP contribution in [0, 0.1) is 0 Å². The Kier molecular flexibility index (Phi) is 732. The van der Waals surface area contributed by atoms with Gasteiger partial charge in [0.2, 0.25) is 0 Å². The summed E-state index contributed by atoms with van der Waals surface area (Å²) in [5.41, 5.74) is 0. The molecular weight excluding hydrogens is 1700 g/mol. The molecule has 15 heavy (non-hydrogen) atoms. The van der Waals surface area contributed by atoms with E-state index in [0.717, 1.165) is 0 Å². The van der Waals surface area contributed by atoms with E-state index in [9.17, 15) is 0 Å². The van der Waals surface area contributed by atoms with Gasteiger partial charge < -0.3 is 0 Å². The van der Waals surface area contributed by atoms with Crippen LogP contribution in [0.5, 0.6) is 0 Å². The fraction of sp³-hybridized carbons (Fsp3) is 0. The molecule has 0 aromatic heterocycles. The summed E-state index contributed by atoms with van der Waals surface area (Å²) >= 11 is 0.389. The maximum absolute atomic E-state index is 8.39. The van der Waals surface area contributed by atoms with Gasteiger partial charge in [-0.3, -0.25) is 0 Å². The van der Waals surface area contributed by atoms with E-state index >= 15 is 0 Å². The van der Waals surface area contributed by atoms with Crippen molar-refractivity contribution < 1.29 is 19.7 Å². The molecule has 92 valence electrons. The van der Waals surface area contributed by atoms with Crippen LogP contribution in [0.25, 0.3) is 0 Å². The van der Waals surface area contributed by atoms with Crippen molar-refractivity contribution in [1.29, 1.82) is 0 Å². The second-order valence-corrected chi connectivity index (χ2v) is 0. The molecule has 0 rings (SSSR count). The Morgan fingerprint density at radius 3 is 0.267 bits per heavy atom. The standard InChI is InChI=1S/7Bi.HI.7O.7H/h;;;;;;;1H;;;;;;;;;;;;;;. The van der Waals surface area contributed by atoms with Gasteiger partial charge in [0.1, 0.15) is 0 Å². The van der Waals surface area contributed by atoms with Crippen LogP contribution in [0.2, 0.25) is 0 Å². The van der Waals surface area contributed by atoms with Gasteiger partial charge in [0.25, 0.3) is 0 Å². The number of halogens is 1. The van der Waals surface area contributed by atoms with Crippen LogP contribution in [-0.2, 0) is 19.7 Å². The quantitative estimate of drug-likeness (QED) is 0.177. The molecule has 0 aliphatic heterocycles. The van der Waals surface area contributed by atoms with Crippen molar-refractivity contribution in [1.82, 2.24) is 0 Å². The fourth-order valence-electron chi connectivity index (χ4n) is 0. The van der Waals surface area contributed by atoms with E-state index in [1.807, 2.05) is 0 Å². The molecule has 0 heterocycles. The fourth-order valence-corrected chi connectivity index (χ4v) is 0. The molecule has 0 radical (unpaired) electrons. The first-order chi connectivity index (χ1) is 7.00. The van der Waals surface area contributed by atoms with Crippen LogP contribution in [0.1, 0.15) is 0 Å². The third-order valence-electron chi connectivity index (χ3n) is 0. The van der Waals surface area contributed by atoms with Crippen molar-refractivity contribution in [2.24, 2.45) is 0 Å². The van der Waals surface area contributed by atoms with Gasteiger partial charge in [0.15, 0.2) is 0 Å². The zero-order valence-electron chi connectivity index (χ0n) is 6.77. The molecule has 0 aliphatic carbocycles. The van der Waals surface area contributed by atoms with E-state index in [0.29, 0.717) is 0 Å². The molecule has 0 saturated carbocycles. The molecule has 7 nitrogen and oxygen atoms in total. The summed E-state index contributed by atoms with van der Waals surface area (Å²) in [6, 6.07) is 0. The molecule has 15 heteroatoms. The van der Waals surface area contributed by atoms with Gasteiger partial charge in [0.05, 0.1) is 0 Å². The Balaban J connectivity index is -0.00000000628. The predicted octanol–water partition coefficient (Wildman–Crippen LogP) is -4.75. The van der Waals surface area contributed by atoms with Crippen LogP contribution >= 0.6 is 24.0 Å². The van der Waals surface area contributed by atoms with Gasteiger partial charge in [-0.2, -0.15) is 0 Å². The van der Waals surface area contributed by atoms with Gasteiger partial charge in [-0.25, -0.2) is 0 Å². The van der Waals surface area contributed by atoms with E-state index in [4.69, 9.17) is 19.7 Å². The normalized spacial score (nSPS) is 1.87. The summed E-state index contributed by atoms with van der Waals surface area (Å²) < 4.78 is 58.7. The van der Waals surface area contributed by atoms with Crippen molar-refractivity contribution in [3.63, 3.8) is 0 Å². The van der Waals surface area contributed by atoms with Crippen molar-refractivity contribution in [2.45, 2.75) is 0 Å². The Hall–Kier alpha value is 5.51. The van der Waals surface area contributed by atoms with E-state index in [1.54, 1.807) is 0 Å². The molecule has 0 unspecified atom stereocenters. The number of hydrogen-bond acceptors (Lipinski definition) is 7. The van der Waals surface area contributed by atoms with E-state index < -0.39 is 0 Å². The molecular formula is H8Bi7IO7. The second-order valence-electron chi connectivity index (χ2n) is 0. The first kappa shape index (κ1) is 49.9. The molecule has 0 aromatic carbocycles. The van der Waals surface area contributed by atoms with Crippen LogP contribution in [0.15, 0.2) is 0 Å². The molecule has 0 N–H and O–H groups in total. The van der Waals surface area contributed by atoms with Gasteiger partial charge >= 0.3 is 193 Å². The van der Waals surface area contributed by atoms with Gasteiger partial charge in [-0.1, -0.05) is 0 Å². The Bertz CT molecular complexity index is 39.0. The molecule has 0 atom stereocenters. The number of rotatable bonds is 0. The van der Waals surface area contributed by atoms with Crippen LogP contribution < -0.4 is 0 Å². The Labute approximate surface area is 211 Å². The number of hydrogen-bond donors (Lipinski definition) is 0. The predicted molar refractivity (Wildman–Crippen MR) is 70.3 cm³/mol. The van der Waals surface area contributed by atoms with Crippen LogP contribution in [-0.4, -0.2) is 173 Å². The zero-order chi connectivity index (χ0) is 14.0. The third kappa shape index (κ3) is 197. The molecule has 0 fully saturated rings. The average Bonchev–Trinajstić information content (AvgIpc) is 2.45. The molecule has 0 aliphatic rings. The summed E-state index contributed by atoms with van der Waals surface area (Å²) in [6.07, 6.45) is 0. The molecule has 0 spiro atoms. The summed E-state index contributed by atoms with van der Waals surface area (Å²) in [5.74, 6) is 0. The molecule has 0 saturated heterocycles. The summed E-state index contributed by atoms with van der Waals surface area (Å²) in [5, 5.41) is 0. The summed E-state index contributed by atoms with van der Waals surface area (Å²) in [7, 11) is 0. The van der Waals surface area contributed by atoms with Crippen molar-refractivity contribution >= 4 is 197 Å². The molecule has 0 aromatic rings. The summed E-state index contributed by atoms with van der Waals surface area (Å²) in [4.78, 5) is 0. The zero-order valence-corrected chi connectivity index (χ0v) is 36.3. The van der Waals surface area contributed by atoms with Crippen LogP contribution in [0.4, 0.5) is 0 Å². The molecule has 0 amide bonds. The first-order valence-electron chi connectivity index (χ1n) is 1.43. The second kappa shape index (κ2) is 220. The van der Waals surface area contributed by atoms with Gasteiger partial charge in [-0.15, -0.1) is 24.0 Å². The average molecular weight is 1710 g/mol. The Morgan fingerprint density at radius 1 is 0.267 bits per heavy atom. The summed E-state index contributed by atoms with van der Waals surface area (Å²) in [6.45, 7) is 0. The third-order valence-corrected chi connectivity index (χ3v) is 0. The topological polar surface area (TPSA) is 119 Å². The first-order valence-corrected chi connectivity index (χ1v) is 12.5. The van der Waals surface area contributed by atoms with Gasteiger partial charge in [0, 0.05) is 0 Å². The van der Waals surface area contributed by atoms with E-state index in [-0.39, 0.29) is 197 Å². The van der Waals surface area contributed by atoms with Crippen molar-refractivity contribution in [3.05, 3.63) is 0 Å². The maximum atomic E-state index is 8.39. The monoisotopic (exact) mass is 1710 g/mol. The minimum atomic E-state index is 0.